The van der Waals surface area contributed by atoms with Crippen LogP contribution in [-0.2, 0) is 0 Å². The molecule has 0 unspecified atom stereocenters. The molecule has 0 amide bonds. The molecule has 1 aromatic carbocycles. The molecule has 0 fully saturated rings. The number of aryl methyl sites for hydroxylation is 2. The highest BCUT2D eigenvalue weighted by Crippen LogP contribution is 2.26. The third-order valence-electron chi connectivity index (χ3n) is 2.66. The second kappa shape index (κ2) is 5.69. The summed E-state index contributed by atoms with van der Waals surface area (Å²) in [6.45, 7) is 8.99. The van der Waals surface area contributed by atoms with Crippen LogP contribution in [0.4, 0.5) is 5.69 Å². The van der Waals surface area contributed by atoms with Gasteiger partial charge in [0.25, 0.3) is 0 Å². The topological polar surface area (TPSA) is 29.1 Å². The van der Waals surface area contributed by atoms with Gasteiger partial charge in [-0.2, -0.15) is 0 Å². The van der Waals surface area contributed by atoms with Gasteiger partial charge in [0, 0.05) is 24.2 Å². The lowest BCUT2D eigenvalue weighted by atomic mass is 10.0. The van der Waals surface area contributed by atoms with E-state index in [2.05, 4.69) is 18.3 Å². The van der Waals surface area contributed by atoms with Gasteiger partial charge in [0.05, 0.1) is 0 Å². The number of hydrogen-bond acceptors (Lipinski definition) is 2. The Morgan fingerprint density at radius 2 is 1.88 bits per heavy atom. The molecule has 0 saturated heterocycles. The van der Waals surface area contributed by atoms with Gasteiger partial charge in [-0.15, -0.1) is 0 Å². The molecule has 1 aliphatic rings. The van der Waals surface area contributed by atoms with Crippen LogP contribution in [0.3, 0.4) is 0 Å². The van der Waals surface area contributed by atoms with Crippen LogP contribution in [0, 0.1) is 13.8 Å². The molecule has 16 heavy (non-hydrogen) atoms. The summed E-state index contributed by atoms with van der Waals surface area (Å²) < 4.78 is 0. The van der Waals surface area contributed by atoms with E-state index in [4.69, 9.17) is 0 Å². The molecule has 0 aliphatic carbocycles. The maximum Gasteiger partial charge on any atom is 0.165 e. The molecule has 0 atom stereocenters. The van der Waals surface area contributed by atoms with E-state index in [-0.39, 0.29) is 5.78 Å². The third-order valence-corrected chi connectivity index (χ3v) is 2.66. The number of benzene rings is 1. The molecule has 2 heteroatoms. The highest BCUT2D eigenvalue weighted by atomic mass is 16.1. The van der Waals surface area contributed by atoms with Crippen molar-refractivity contribution in [1.82, 2.24) is 0 Å². The van der Waals surface area contributed by atoms with Crippen LogP contribution in [-0.4, -0.2) is 12.3 Å². The minimum Gasteiger partial charge on any atom is -0.384 e. The first-order valence-electron chi connectivity index (χ1n) is 6.07. The van der Waals surface area contributed by atoms with E-state index in [1.807, 2.05) is 26.8 Å². The lowest BCUT2D eigenvalue weighted by Crippen LogP contribution is -2.03. The van der Waals surface area contributed by atoms with Gasteiger partial charge in [-0.25, -0.2) is 0 Å². The third kappa shape index (κ3) is 2.63. The Bertz CT molecular complexity index is 383. The second-order valence-corrected chi connectivity index (χ2v) is 3.96. The molecular formula is C14H21NO. The zero-order chi connectivity index (χ0) is 12.1. The number of nitrogens with one attached hydrogen (secondary N) is 1. The number of hydrogen-bond donors (Lipinski definition) is 1. The van der Waals surface area contributed by atoms with Crippen LogP contribution in [0.1, 0.15) is 48.2 Å². The van der Waals surface area contributed by atoms with Crippen LogP contribution >= 0.6 is 0 Å². The van der Waals surface area contributed by atoms with Crippen molar-refractivity contribution >= 4 is 11.5 Å². The SMILES string of the molecule is CC.Cc1cc(C)c2c(c1)C(=O)CCCN2. The quantitative estimate of drug-likeness (QED) is 0.720. The number of fused-ring (bicyclic) bond motifs is 1. The molecule has 0 radical (unpaired) electrons. The minimum absolute atomic E-state index is 0.275. The summed E-state index contributed by atoms with van der Waals surface area (Å²) in [7, 11) is 0. The normalized spacial score (nSPS) is 14.1. The van der Waals surface area contributed by atoms with Gasteiger partial charge in [-0.3, -0.25) is 4.79 Å². The van der Waals surface area contributed by atoms with Crippen molar-refractivity contribution in [2.75, 3.05) is 11.9 Å². The van der Waals surface area contributed by atoms with E-state index in [1.54, 1.807) is 0 Å². The Labute approximate surface area is 98.1 Å². The van der Waals surface area contributed by atoms with Gasteiger partial charge in [0.15, 0.2) is 5.78 Å². The molecule has 88 valence electrons. The summed E-state index contributed by atoms with van der Waals surface area (Å²) in [5.41, 5.74) is 4.26. The summed E-state index contributed by atoms with van der Waals surface area (Å²) in [6, 6.07) is 4.10. The average Bonchev–Trinajstić information content (AvgIpc) is 2.45. The molecule has 0 saturated carbocycles. The maximum atomic E-state index is 11.8. The molecule has 2 rings (SSSR count). The Morgan fingerprint density at radius 1 is 1.19 bits per heavy atom. The number of carbonyl (C=O) groups is 1. The number of carbonyl (C=O) groups excluding carboxylic acids is 1. The van der Waals surface area contributed by atoms with Crippen LogP contribution in [0.15, 0.2) is 12.1 Å². The summed E-state index contributed by atoms with van der Waals surface area (Å²) in [4.78, 5) is 11.8. The number of rotatable bonds is 0. The zero-order valence-electron chi connectivity index (χ0n) is 10.7. The van der Waals surface area contributed by atoms with E-state index in [0.29, 0.717) is 6.42 Å². The van der Waals surface area contributed by atoms with E-state index in [1.165, 1.54) is 11.1 Å². The lowest BCUT2D eigenvalue weighted by molar-refractivity contribution is 0.0983. The molecule has 1 N–H and O–H groups in total. The van der Waals surface area contributed by atoms with Crippen molar-refractivity contribution in [2.24, 2.45) is 0 Å². The van der Waals surface area contributed by atoms with E-state index in [9.17, 15) is 4.79 Å². The largest absolute Gasteiger partial charge is 0.384 e. The van der Waals surface area contributed by atoms with Crippen LogP contribution in [0.5, 0.6) is 0 Å². The Morgan fingerprint density at radius 3 is 2.56 bits per heavy atom. The standard InChI is InChI=1S/C12H15NO.C2H6/c1-8-6-9(2)12-10(7-8)11(14)4-3-5-13-12;1-2/h6-7,13H,3-5H2,1-2H3;1-2H3. The van der Waals surface area contributed by atoms with Crippen LogP contribution in [0.25, 0.3) is 0 Å². The van der Waals surface area contributed by atoms with Crippen molar-refractivity contribution in [3.8, 4) is 0 Å². The van der Waals surface area contributed by atoms with Crippen molar-refractivity contribution in [3.05, 3.63) is 28.8 Å². The summed E-state index contributed by atoms with van der Waals surface area (Å²) in [5.74, 6) is 0.275. The van der Waals surface area contributed by atoms with Crippen LogP contribution < -0.4 is 5.32 Å². The van der Waals surface area contributed by atoms with Crippen LogP contribution in [0.2, 0.25) is 0 Å². The Kier molecular flexibility index (Phi) is 4.53. The van der Waals surface area contributed by atoms with Gasteiger partial charge in [-0.05, 0) is 37.5 Å². The second-order valence-electron chi connectivity index (χ2n) is 3.96. The molecule has 0 spiro atoms. The van der Waals surface area contributed by atoms with Gasteiger partial charge >= 0.3 is 0 Å². The number of Topliss-reactive ketones (excluding diaryl/α,β-unsaturated/α-hetero) is 1. The lowest BCUT2D eigenvalue weighted by Gasteiger charge is -2.11. The monoisotopic (exact) mass is 219 g/mol. The first-order chi connectivity index (χ1) is 7.68. The van der Waals surface area contributed by atoms with E-state index < -0.39 is 0 Å². The van der Waals surface area contributed by atoms with Gasteiger partial charge < -0.3 is 5.32 Å². The Hall–Kier alpha value is -1.31. The average molecular weight is 219 g/mol. The molecular weight excluding hydrogens is 198 g/mol. The van der Waals surface area contributed by atoms with Crippen molar-refractivity contribution in [3.63, 3.8) is 0 Å². The van der Waals surface area contributed by atoms with Gasteiger partial charge in [0.1, 0.15) is 0 Å². The fourth-order valence-corrected chi connectivity index (χ4v) is 2.02. The van der Waals surface area contributed by atoms with Crippen molar-refractivity contribution in [2.45, 2.75) is 40.5 Å². The van der Waals surface area contributed by atoms with Gasteiger partial charge in [-0.1, -0.05) is 19.9 Å². The Balaban J connectivity index is 0.000000606. The van der Waals surface area contributed by atoms with Crippen molar-refractivity contribution < 1.29 is 4.79 Å². The number of anilines is 1. The highest BCUT2D eigenvalue weighted by Gasteiger charge is 2.16. The van der Waals surface area contributed by atoms with Gasteiger partial charge in [0.2, 0.25) is 0 Å². The highest BCUT2D eigenvalue weighted by molar-refractivity contribution is 6.02. The molecule has 2 nitrogen and oxygen atoms in total. The van der Waals surface area contributed by atoms with Crippen molar-refractivity contribution in [1.29, 1.82) is 0 Å². The fraction of sp³-hybridized carbons (Fsp3) is 0.500. The zero-order valence-corrected chi connectivity index (χ0v) is 10.7. The fourth-order valence-electron chi connectivity index (χ4n) is 2.02. The predicted octanol–water partition coefficient (Wildman–Crippen LogP) is 3.72. The summed E-state index contributed by atoms with van der Waals surface area (Å²) in [5, 5.41) is 3.33. The van der Waals surface area contributed by atoms with E-state index >= 15 is 0 Å². The van der Waals surface area contributed by atoms with E-state index in [0.717, 1.165) is 24.2 Å². The first kappa shape index (κ1) is 12.8. The molecule has 1 heterocycles. The molecule has 0 bridgehead atoms. The number of ketones is 1. The molecule has 0 aromatic heterocycles. The maximum absolute atomic E-state index is 11.8. The summed E-state index contributed by atoms with van der Waals surface area (Å²) >= 11 is 0. The first-order valence-corrected chi connectivity index (χ1v) is 6.07. The smallest absolute Gasteiger partial charge is 0.165 e. The molecule has 1 aromatic rings. The molecule has 1 aliphatic heterocycles. The summed E-state index contributed by atoms with van der Waals surface area (Å²) in [6.07, 6.45) is 1.61. The minimum atomic E-state index is 0.275. The predicted molar refractivity (Wildman–Crippen MR) is 69.3 cm³/mol.